The van der Waals surface area contributed by atoms with Gasteiger partial charge in [-0.05, 0) is 0 Å². The molecule has 2 N–H and O–H groups in total. The second-order valence-electron chi connectivity index (χ2n) is 2.64. The van der Waals surface area contributed by atoms with E-state index in [-0.39, 0.29) is 0 Å². The Morgan fingerprint density at radius 1 is 1.62 bits per heavy atom. The summed E-state index contributed by atoms with van der Waals surface area (Å²) in [6.45, 7) is -0.432. The number of aliphatic hydroxyl groups excluding tert-OH is 2. The lowest BCUT2D eigenvalue weighted by Crippen LogP contribution is -2.40. The van der Waals surface area contributed by atoms with Crippen molar-refractivity contribution in [3.63, 3.8) is 0 Å². The van der Waals surface area contributed by atoms with E-state index in [1.165, 1.54) is 7.11 Å². The Morgan fingerprint density at radius 3 is 2.54 bits per heavy atom. The van der Waals surface area contributed by atoms with Gasteiger partial charge in [-0.1, -0.05) is 0 Å². The lowest BCUT2D eigenvalue weighted by Gasteiger charge is -2.19. The summed E-state index contributed by atoms with van der Waals surface area (Å²) in [6.07, 6.45) is -3.51. The van der Waals surface area contributed by atoms with E-state index in [0.29, 0.717) is 0 Å². The first-order valence-electron chi connectivity index (χ1n) is 3.68. The van der Waals surface area contributed by atoms with E-state index in [1.54, 1.807) is 0 Å². The highest BCUT2D eigenvalue weighted by Crippen LogP contribution is 2.16. The van der Waals surface area contributed by atoms with E-state index in [1.807, 2.05) is 0 Å². The molecule has 0 spiro atoms. The number of ether oxygens (including phenoxy) is 2. The van der Waals surface area contributed by atoms with E-state index in [4.69, 9.17) is 9.84 Å². The largest absolute Gasteiger partial charge is 0.450 e. The van der Waals surface area contributed by atoms with Crippen LogP contribution in [0.2, 0.25) is 0 Å². The van der Waals surface area contributed by atoms with Crippen LogP contribution in [0.25, 0.3) is 0 Å². The highest BCUT2D eigenvalue weighted by atomic mass is 16.6. The minimum absolute atomic E-state index is 0.432. The van der Waals surface area contributed by atoms with E-state index >= 15 is 0 Å². The van der Waals surface area contributed by atoms with Crippen molar-refractivity contribution in [2.75, 3.05) is 13.7 Å². The van der Waals surface area contributed by atoms with Crippen LogP contribution in [0.1, 0.15) is 0 Å². The maximum Gasteiger partial charge on any atom is 0.378 e. The second-order valence-corrected chi connectivity index (χ2v) is 2.64. The number of carbonyl (C=O) groups is 2. The zero-order valence-corrected chi connectivity index (χ0v) is 6.97. The summed E-state index contributed by atoms with van der Waals surface area (Å²) in [7, 11) is 1.28. The fraction of sp³-hybridized carbons (Fsp3) is 0.714. The van der Waals surface area contributed by atoms with Crippen LogP contribution >= 0.6 is 0 Å². The number of hydrogen-bond donors (Lipinski definition) is 2. The van der Waals surface area contributed by atoms with Gasteiger partial charge in [0.25, 0.3) is 5.78 Å². The van der Waals surface area contributed by atoms with Crippen LogP contribution in [0.4, 0.5) is 0 Å². The van der Waals surface area contributed by atoms with Crippen LogP contribution in [-0.2, 0) is 19.1 Å². The predicted octanol–water partition coefficient (Wildman–Crippen LogP) is -2.15. The van der Waals surface area contributed by atoms with Gasteiger partial charge in [-0.3, -0.25) is 4.79 Å². The molecule has 0 bridgehead atoms. The average Bonchev–Trinajstić information content (AvgIpc) is 2.36. The number of aliphatic hydroxyl groups is 2. The predicted molar refractivity (Wildman–Crippen MR) is 38.8 cm³/mol. The summed E-state index contributed by atoms with van der Waals surface area (Å²) in [6, 6.07) is 0. The molecule has 0 saturated carbocycles. The Hall–Kier alpha value is -0.980. The Kier molecular flexibility index (Phi) is 2.97. The van der Waals surface area contributed by atoms with Gasteiger partial charge in [-0.2, -0.15) is 0 Å². The van der Waals surface area contributed by atoms with Gasteiger partial charge in [0.15, 0.2) is 12.2 Å². The van der Waals surface area contributed by atoms with Crippen LogP contribution in [0.3, 0.4) is 0 Å². The molecule has 1 fully saturated rings. The Balaban J connectivity index is 2.72. The fourth-order valence-corrected chi connectivity index (χ4v) is 1.11. The average molecular weight is 190 g/mol. The van der Waals surface area contributed by atoms with Gasteiger partial charge >= 0.3 is 5.97 Å². The number of Topliss-reactive ketones (excluding diaryl/α,β-unsaturated/α-hetero) is 1. The van der Waals surface area contributed by atoms with Gasteiger partial charge in [0, 0.05) is 7.11 Å². The first kappa shape index (κ1) is 10.1. The first-order valence-corrected chi connectivity index (χ1v) is 3.68. The molecule has 74 valence electrons. The Labute approximate surface area is 74.1 Å². The van der Waals surface area contributed by atoms with Gasteiger partial charge in [-0.25, -0.2) is 4.79 Å². The van der Waals surface area contributed by atoms with E-state index in [9.17, 15) is 14.7 Å². The molecule has 13 heavy (non-hydrogen) atoms. The van der Waals surface area contributed by atoms with Crippen LogP contribution in [0, 0.1) is 0 Å². The molecule has 3 atom stereocenters. The minimum atomic E-state index is -1.54. The molecular formula is C7H10O6. The van der Waals surface area contributed by atoms with Crippen molar-refractivity contribution in [1.29, 1.82) is 0 Å². The third-order valence-electron chi connectivity index (χ3n) is 1.87. The third-order valence-corrected chi connectivity index (χ3v) is 1.87. The lowest BCUT2D eigenvalue weighted by atomic mass is 10.1. The molecule has 0 aromatic heterocycles. The number of hydrogen-bond acceptors (Lipinski definition) is 6. The molecule has 1 saturated heterocycles. The van der Waals surface area contributed by atoms with E-state index in [2.05, 4.69) is 4.74 Å². The molecule has 1 unspecified atom stereocenters. The zero-order chi connectivity index (χ0) is 10.0. The van der Waals surface area contributed by atoms with Crippen molar-refractivity contribution < 1.29 is 29.3 Å². The molecule has 0 aliphatic carbocycles. The second kappa shape index (κ2) is 3.82. The molecule has 0 aromatic carbocycles. The van der Waals surface area contributed by atoms with Crippen molar-refractivity contribution in [2.45, 2.75) is 18.3 Å². The Bertz CT molecular complexity index is 221. The van der Waals surface area contributed by atoms with Gasteiger partial charge in [0.05, 0.1) is 6.61 Å². The normalized spacial score (nSPS) is 30.4. The SMILES string of the molecule is CO[C@@H](CO)[C@H]1OC(=O)C(=O)C1O. The van der Waals surface area contributed by atoms with Crippen molar-refractivity contribution in [3.05, 3.63) is 0 Å². The molecule has 1 aliphatic rings. The van der Waals surface area contributed by atoms with Gasteiger partial charge in [-0.15, -0.1) is 0 Å². The van der Waals surface area contributed by atoms with Crippen molar-refractivity contribution in [1.82, 2.24) is 0 Å². The molecule has 0 radical (unpaired) electrons. The van der Waals surface area contributed by atoms with Gasteiger partial charge in [0.1, 0.15) is 6.10 Å². The Morgan fingerprint density at radius 2 is 2.23 bits per heavy atom. The van der Waals surface area contributed by atoms with Crippen LogP contribution in [-0.4, -0.2) is 54.0 Å². The standard InChI is InChI=1S/C7H10O6/c1-12-3(2-8)6-4(9)5(10)7(11)13-6/h3-4,6,8-9H,2H2,1H3/t3-,4?,6+/m0/s1. The van der Waals surface area contributed by atoms with E-state index < -0.39 is 36.7 Å². The molecule has 1 heterocycles. The van der Waals surface area contributed by atoms with Crippen LogP contribution in [0.5, 0.6) is 0 Å². The van der Waals surface area contributed by atoms with Crippen molar-refractivity contribution in [3.8, 4) is 0 Å². The summed E-state index contributed by atoms with van der Waals surface area (Å²) in [5, 5.41) is 17.9. The topological polar surface area (TPSA) is 93.1 Å². The summed E-state index contributed by atoms with van der Waals surface area (Å²) < 4.78 is 9.22. The molecular weight excluding hydrogens is 180 g/mol. The van der Waals surface area contributed by atoms with Crippen molar-refractivity contribution in [2.24, 2.45) is 0 Å². The number of rotatable bonds is 3. The number of esters is 1. The smallest absolute Gasteiger partial charge is 0.378 e. The summed E-state index contributed by atoms with van der Waals surface area (Å²) >= 11 is 0. The molecule has 6 nitrogen and oxygen atoms in total. The fourth-order valence-electron chi connectivity index (χ4n) is 1.11. The number of cyclic esters (lactones) is 1. The maximum absolute atomic E-state index is 10.8. The third kappa shape index (κ3) is 1.69. The summed E-state index contributed by atoms with van der Waals surface area (Å²) in [5.41, 5.74) is 0. The molecule has 0 aromatic rings. The number of carbonyl (C=O) groups excluding carboxylic acids is 2. The summed E-state index contributed by atoms with van der Waals surface area (Å²) in [4.78, 5) is 21.5. The molecule has 1 rings (SSSR count). The highest BCUT2D eigenvalue weighted by Gasteiger charge is 2.46. The van der Waals surface area contributed by atoms with Crippen molar-refractivity contribution >= 4 is 11.8 Å². The van der Waals surface area contributed by atoms with Crippen LogP contribution < -0.4 is 0 Å². The minimum Gasteiger partial charge on any atom is -0.450 e. The molecule has 0 amide bonds. The number of ketones is 1. The quantitative estimate of drug-likeness (QED) is 0.389. The first-order chi connectivity index (χ1) is 6.11. The van der Waals surface area contributed by atoms with Gasteiger partial charge in [0.2, 0.25) is 0 Å². The molecule has 1 aliphatic heterocycles. The van der Waals surface area contributed by atoms with Gasteiger partial charge < -0.3 is 19.7 Å². The number of methoxy groups -OCH3 is 1. The highest BCUT2D eigenvalue weighted by molar-refractivity contribution is 6.37. The lowest BCUT2D eigenvalue weighted by molar-refractivity contribution is -0.152. The summed E-state index contributed by atoms with van der Waals surface area (Å²) in [5.74, 6) is -2.09. The van der Waals surface area contributed by atoms with Crippen LogP contribution in [0.15, 0.2) is 0 Å². The zero-order valence-electron chi connectivity index (χ0n) is 6.97. The molecule has 6 heteroatoms. The monoisotopic (exact) mass is 190 g/mol. The van der Waals surface area contributed by atoms with E-state index in [0.717, 1.165) is 0 Å². The maximum atomic E-state index is 10.8.